The second-order valence-corrected chi connectivity index (χ2v) is 3.65. The van der Waals surface area contributed by atoms with Crippen LogP contribution in [0.1, 0.15) is 0 Å². The zero-order valence-electron chi connectivity index (χ0n) is 9.71. The molecule has 18 heavy (non-hydrogen) atoms. The molecule has 3 heterocycles. The second kappa shape index (κ2) is 4.33. The van der Waals surface area contributed by atoms with Gasteiger partial charge in [0.15, 0.2) is 11.6 Å². The summed E-state index contributed by atoms with van der Waals surface area (Å²) in [6, 6.07) is 3.65. The SMILES string of the molecule is COc1cc(-c2ncc[nH]2)nc(-c2ncc[nH]2)c1. The highest BCUT2D eigenvalue weighted by Crippen LogP contribution is 2.24. The van der Waals surface area contributed by atoms with Crippen LogP contribution in [0.25, 0.3) is 23.0 Å². The van der Waals surface area contributed by atoms with Crippen LogP contribution in [0.5, 0.6) is 5.75 Å². The van der Waals surface area contributed by atoms with Crippen molar-refractivity contribution in [3.8, 4) is 28.8 Å². The predicted molar refractivity (Wildman–Crippen MR) is 66.0 cm³/mol. The van der Waals surface area contributed by atoms with Gasteiger partial charge in [-0.05, 0) is 0 Å². The lowest BCUT2D eigenvalue weighted by Gasteiger charge is -2.05. The standard InChI is InChI=1S/C12H11N5O/c1-18-8-6-9(11-13-2-3-14-11)17-10(7-8)12-15-4-5-16-12/h2-7H,1H3,(H,13,14)(H,15,16). The van der Waals surface area contributed by atoms with E-state index in [9.17, 15) is 0 Å². The third kappa shape index (κ3) is 1.84. The molecule has 0 aliphatic heterocycles. The first kappa shape index (κ1) is 10.5. The molecule has 0 unspecified atom stereocenters. The summed E-state index contributed by atoms with van der Waals surface area (Å²) >= 11 is 0. The van der Waals surface area contributed by atoms with E-state index in [4.69, 9.17) is 4.74 Å². The molecular weight excluding hydrogens is 230 g/mol. The summed E-state index contributed by atoms with van der Waals surface area (Å²) in [6.45, 7) is 0. The van der Waals surface area contributed by atoms with Gasteiger partial charge in [-0.25, -0.2) is 15.0 Å². The first-order chi connectivity index (χ1) is 8.86. The van der Waals surface area contributed by atoms with Gasteiger partial charge in [-0.3, -0.25) is 0 Å². The zero-order chi connectivity index (χ0) is 12.4. The summed E-state index contributed by atoms with van der Waals surface area (Å²) in [5.74, 6) is 2.10. The summed E-state index contributed by atoms with van der Waals surface area (Å²) in [7, 11) is 1.62. The fourth-order valence-electron chi connectivity index (χ4n) is 1.68. The van der Waals surface area contributed by atoms with E-state index in [0.29, 0.717) is 28.8 Å². The van der Waals surface area contributed by atoms with Crippen molar-refractivity contribution in [1.82, 2.24) is 24.9 Å². The zero-order valence-corrected chi connectivity index (χ0v) is 9.71. The van der Waals surface area contributed by atoms with Crippen molar-refractivity contribution < 1.29 is 4.74 Å². The van der Waals surface area contributed by atoms with Gasteiger partial charge in [0.25, 0.3) is 0 Å². The number of aromatic nitrogens is 5. The van der Waals surface area contributed by atoms with Gasteiger partial charge < -0.3 is 14.7 Å². The molecule has 0 amide bonds. The molecule has 0 saturated heterocycles. The number of ether oxygens (including phenoxy) is 1. The van der Waals surface area contributed by atoms with E-state index < -0.39 is 0 Å². The third-order valence-corrected chi connectivity index (χ3v) is 2.52. The van der Waals surface area contributed by atoms with Crippen molar-refractivity contribution in [3.05, 3.63) is 36.9 Å². The topological polar surface area (TPSA) is 79.5 Å². The first-order valence-corrected chi connectivity index (χ1v) is 5.42. The Morgan fingerprint density at radius 2 is 1.50 bits per heavy atom. The van der Waals surface area contributed by atoms with Gasteiger partial charge >= 0.3 is 0 Å². The number of nitrogens with zero attached hydrogens (tertiary/aromatic N) is 3. The quantitative estimate of drug-likeness (QED) is 0.733. The van der Waals surface area contributed by atoms with Crippen LogP contribution in [-0.4, -0.2) is 32.0 Å². The molecule has 3 rings (SSSR count). The minimum absolute atomic E-state index is 0.696. The van der Waals surface area contributed by atoms with E-state index in [-0.39, 0.29) is 0 Å². The second-order valence-electron chi connectivity index (χ2n) is 3.65. The van der Waals surface area contributed by atoms with Crippen LogP contribution in [0.2, 0.25) is 0 Å². The van der Waals surface area contributed by atoms with Gasteiger partial charge in [-0.2, -0.15) is 0 Å². The van der Waals surface area contributed by atoms with Crippen LogP contribution in [-0.2, 0) is 0 Å². The monoisotopic (exact) mass is 241 g/mol. The molecule has 0 atom stereocenters. The lowest BCUT2D eigenvalue weighted by molar-refractivity contribution is 0.414. The fraction of sp³-hybridized carbons (Fsp3) is 0.0833. The molecule has 0 fully saturated rings. The Bertz CT molecular complexity index is 578. The molecule has 0 aliphatic carbocycles. The number of imidazole rings is 2. The molecule has 0 saturated carbocycles. The third-order valence-electron chi connectivity index (χ3n) is 2.52. The lowest BCUT2D eigenvalue weighted by atomic mass is 10.2. The summed E-state index contributed by atoms with van der Waals surface area (Å²) in [5, 5.41) is 0. The maximum atomic E-state index is 5.27. The van der Waals surface area contributed by atoms with Crippen molar-refractivity contribution in [3.63, 3.8) is 0 Å². The molecule has 0 aliphatic rings. The van der Waals surface area contributed by atoms with Crippen molar-refractivity contribution in [2.45, 2.75) is 0 Å². The van der Waals surface area contributed by atoms with E-state index in [1.54, 1.807) is 31.9 Å². The lowest BCUT2D eigenvalue weighted by Crippen LogP contribution is -1.94. The normalized spacial score (nSPS) is 10.5. The summed E-state index contributed by atoms with van der Waals surface area (Å²) < 4.78 is 5.27. The van der Waals surface area contributed by atoms with Gasteiger partial charge in [0.2, 0.25) is 0 Å². The van der Waals surface area contributed by atoms with E-state index in [1.165, 1.54) is 0 Å². The summed E-state index contributed by atoms with van der Waals surface area (Å²) in [6.07, 6.45) is 6.87. The van der Waals surface area contributed by atoms with Crippen LogP contribution < -0.4 is 4.74 Å². The minimum Gasteiger partial charge on any atom is -0.497 e. The number of H-pyrrole nitrogens is 2. The summed E-state index contributed by atoms with van der Waals surface area (Å²) in [5.41, 5.74) is 1.43. The van der Waals surface area contributed by atoms with Crippen LogP contribution in [0.4, 0.5) is 0 Å². The molecule has 0 bridgehead atoms. The van der Waals surface area contributed by atoms with Crippen molar-refractivity contribution in [2.75, 3.05) is 7.11 Å². The van der Waals surface area contributed by atoms with Gasteiger partial charge in [0.05, 0.1) is 7.11 Å². The fourth-order valence-corrected chi connectivity index (χ4v) is 1.68. The van der Waals surface area contributed by atoms with Gasteiger partial charge in [0, 0.05) is 36.9 Å². The van der Waals surface area contributed by atoms with Crippen LogP contribution >= 0.6 is 0 Å². The average molecular weight is 241 g/mol. The van der Waals surface area contributed by atoms with E-state index >= 15 is 0 Å². The number of hydrogen-bond acceptors (Lipinski definition) is 4. The Morgan fingerprint density at radius 3 is 1.89 bits per heavy atom. The Hall–Kier alpha value is -2.63. The Labute approximate surface area is 103 Å². The van der Waals surface area contributed by atoms with Crippen LogP contribution in [0, 0.1) is 0 Å². The Balaban J connectivity index is 2.13. The molecule has 3 aromatic rings. The molecule has 90 valence electrons. The molecule has 3 aromatic heterocycles. The average Bonchev–Trinajstić information content (AvgIpc) is 3.10. The summed E-state index contributed by atoms with van der Waals surface area (Å²) in [4.78, 5) is 18.9. The molecule has 0 spiro atoms. The molecule has 0 aromatic carbocycles. The van der Waals surface area contributed by atoms with E-state index in [2.05, 4.69) is 24.9 Å². The molecule has 0 radical (unpaired) electrons. The van der Waals surface area contributed by atoms with Crippen molar-refractivity contribution >= 4 is 0 Å². The highest BCUT2D eigenvalue weighted by molar-refractivity contribution is 5.60. The van der Waals surface area contributed by atoms with Crippen molar-refractivity contribution in [1.29, 1.82) is 0 Å². The van der Waals surface area contributed by atoms with E-state index in [1.807, 2.05) is 12.1 Å². The first-order valence-electron chi connectivity index (χ1n) is 5.42. The number of methoxy groups -OCH3 is 1. The number of rotatable bonds is 3. The van der Waals surface area contributed by atoms with Crippen molar-refractivity contribution in [2.24, 2.45) is 0 Å². The largest absolute Gasteiger partial charge is 0.497 e. The number of pyridine rings is 1. The Kier molecular flexibility index (Phi) is 2.53. The maximum Gasteiger partial charge on any atom is 0.156 e. The van der Waals surface area contributed by atoms with Gasteiger partial charge in [0.1, 0.15) is 17.1 Å². The highest BCUT2D eigenvalue weighted by Gasteiger charge is 2.10. The van der Waals surface area contributed by atoms with E-state index in [0.717, 1.165) is 0 Å². The number of hydrogen-bond donors (Lipinski definition) is 2. The number of aromatic amines is 2. The van der Waals surface area contributed by atoms with Crippen LogP contribution in [0.3, 0.4) is 0 Å². The smallest absolute Gasteiger partial charge is 0.156 e. The maximum absolute atomic E-state index is 5.27. The van der Waals surface area contributed by atoms with Gasteiger partial charge in [-0.15, -0.1) is 0 Å². The molecule has 2 N–H and O–H groups in total. The predicted octanol–water partition coefficient (Wildman–Crippen LogP) is 1.87. The number of nitrogens with one attached hydrogen (secondary N) is 2. The van der Waals surface area contributed by atoms with Crippen LogP contribution in [0.15, 0.2) is 36.9 Å². The molecule has 6 heteroatoms. The minimum atomic E-state index is 0.696. The molecule has 6 nitrogen and oxygen atoms in total. The van der Waals surface area contributed by atoms with Gasteiger partial charge in [-0.1, -0.05) is 0 Å². The Morgan fingerprint density at radius 1 is 0.944 bits per heavy atom. The highest BCUT2D eigenvalue weighted by atomic mass is 16.5. The molecular formula is C12H11N5O.